The van der Waals surface area contributed by atoms with Crippen molar-refractivity contribution in [3.63, 3.8) is 0 Å². The van der Waals surface area contributed by atoms with E-state index in [-0.39, 0.29) is 6.61 Å². The largest absolute Gasteiger partial charge is 0.457 e. The summed E-state index contributed by atoms with van der Waals surface area (Å²) in [5.74, 6) is 1.99. The van der Waals surface area contributed by atoms with Crippen LogP contribution < -0.4 is 4.74 Å². The second-order valence-electron chi connectivity index (χ2n) is 4.86. The van der Waals surface area contributed by atoms with Crippen molar-refractivity contribution in [2.24, 2.45) is 0 Å². The summed E-state index contributed by atoms with van der Waals surface area (Å²) in [4.78, 5) is 0. The third-order valence-corrected chi connectivity index (χ3v) is 3.98. The molecule has 2 rings (SSSR count). The van der Waals surface area contributed by atoms with Crippen LogP contribution in [0.1, 0.15) is 37.3 Å². The van der Waals surface area contributed by atoms with Gasteiger partial charge in [-0.15, -0.1) is 0 Å². The lowest BCUT2D eigenvalue weighted by molar-refractivity contribution is 0.276. The average molecular weight is 335 g/mol. The molecule has 2 aromatic rings. The van der Waals surface area contributed by atoms with Crippen LogP contribution in [0.25, 0.3) is 0 Å². The van der Waals surface area contributed by atoms with Crippen molar-refractivity contribution >= 4 is 15.9 Å². The van der Waals surface area contributed by atoms with Crippen molar-refractivity contribution in [3.8, 4) is 11.5 Å². The Labute approximate surface area is 128 Å². The number of rotatable bonds is 5. The Kier molecular flexibility index (Phi) is 5.21. The topological polar surface area (TPSA) is 29.5 Å². The SMILES string of the molecule is CCC(C)c1ccccc1Oc1cc(Br)ccc1CO. The van der Waals surface area contributed by atoms with E-state index in [4.69, 9.17) is 4.74 Å². The number of ether oxygens (including phenoxy) is 1. The zero-order valence-corrected chi connectivity index (χ0v) is 13.4. The minimum Gasteiger partial charge on any atom is -0.457 e. The summed E-state index contributed by atoms with van der Waals surface area (Å²) in [7, 11) is 0. The molecule has 0 spiro atoms. The highest BCUT2D eigenvalue weighted by atomic mass is 79.9. The van der Waals surface area contributed by atoms with E-state index in [9.17, 15) is 5.11 Å². The van der Waals surface area contributed by atoms with Gasteiger partial charge in [-0.05, 0) is 36.1 Å². The molecule has 1 N–H and O–H groups in total. The summed E-state index contributed by atoms with van der Waals surface area (Å²) in [5, 5.41) is 9.42. The van der Waals surface area contributed by atoms with Crippen LogP contribution in [0.5, 0.6) is 11.5 Å². The molecule has 0 aromatic heterocycles. The fourth-order valence-electron chi connectivity index (χ4n) is 2.07. The van der Waals surface area contributed by atoms with Crippen LogP contribution in [0.4, 0.5) is 0 Å². The number of aliphatic hydroxyl groups is 1. The van der Waals surface area contributed by atoms with E-state index < -0.39 is 0 Å². The molecule has 1 atom stereocenters. The lowest BCUT2D eigenvalue weighted by atomic mass is 9.98. The van der Waals surface area contributed by atoms with Crippen molar-refractivity contribution in [1.82, 2.24) is 0 Å². The van der Waals surface area contributed by atoms with Crippen LogP contribution in [0, 0.1) is 0 Å². The van der Waals surface area contributed by atoms with E-state index in [1.54, 1.807) is 0 Å². The Morgan fingerprint density at radius 3 is 2.60 bits per heavy atom. The molecule has 2 aromatic carbocycles. The number of halogens is 1. The van der Waals surface area contributed by atoms with Crippen LogP contribution in [-0.4, -0.2) is 5.11 Å². The Balaban J connectivity index is 2.37. The van der Waals surface area contributed by atoms with Gasteiger partial charge in [0.05, 0.1) is 6.61 Å². The number of benzene rings is 2. The number of para-hydroxylation sites is 1. The minimum atomic E-state index is -0.0336. The molecule has 2 nitrogen and oxygen atoms in total. The predicted molar refractivity (Wildman–Crippen MR) is 85.3 cm³/mol. The molecule has 0 saturated heterocycles. The van der Waals surface area contributed by atoms with Gasteiger partial charge in [-0.3, -0.25) is 0 Å². The Hall–Kier alpha value is -1.32. The molecular weight excluding hydrogens is 316 g/mol. The molecule has 1 unspecified atom stereocenters. The van der Waals surface area contributed by atoms with Gasteiger partial charge in [0.2, 0.25) is 0 Å². The van der Waals surface area contributed by atoms with Crippen LogP contribution in [0.3, 0.4) is 0 Å². The first-order valence-electron chi connectivity index (χ1n) is 6.81. The molecule has 3 heteroatoms. The Morgan fingerprint density at radius 2 is 1.90 bits per heavy atom. The fourth-order valence-corrected chi connectivity index (χ4v) is 2.41. The second-order valence-corrected chi connectivity index (χ2v) is 5.78. The molecule has 0 fully saturated rings. The van der Waals surface area contributed by atoms with E-state index >= 15 is 0 Å². The maximum absolute atomic E-state index is 9.42. The molecule has 0 aliphatic carbocycles. The van der Waals surface area contributed by atoms with Crippen LogP contribution >= 0.6 is 15.9 Å². The molecule has 0 aliphatic heterocycles. The van der Waals surface area contributed by atoms with Crippen molar-refractivity contribution in [3.05, 3.63) is 58.1 Å². The van der Waals surface area contributed by atoms with Gasteiger partial charge in [-0.25, -0.2) is 0 Å². The smallest absolute Gasteiger partial charge is 0.134 e. The summed E-state index contributed by atoms with van der Waals surface area (Å²) in [6, 6.07) is 13.7. The van der Waals surface area contributed by atoms with Gasteiger partial charge >= 0.3 is 0 Å². The number of aliphatic hydroxyl groups excluding tert-OH is 1. The van der Waals surface area contributed by atoms with E-state index in [0.717, 1.165) is 22.2 Å². The molecule has 0 saturated carbocycles. The maximum atomic E-state index is 9.42. The summed E-state index contributed by atoms with van der Waals surface area (Å²) in [6.45, 7) is 4.32. The van der Waals surface area contributed by atoms with E-state index in [0.29, 0.717) is 11.7 Å². The molecular formula is C17H19BrO2. The summed E-state index contributed by atoms with van der Waals surface area (Å²) < 4.78 is 6.98. The molecule has 106 valence electrons. The van der Waals surface area contributed by atoms with Crippen LogP contribution in [-0.2, 0) is 6.61 Å². The lowest BCUT2D eigenvalue weighted by Gasteiger charge is -2.17. The summed E-state index contributed by atoms with van der Waals surface area (Å²) in [6.07, 6.45) is 1.06. The lowest BCUT2D eigenvalue weighted by Crippen LogP contribution is -1.98. The molecule has 0 bridgehead atoms. The molecule has 0 heterocycles. The molecule has 0 aliphatic rings. The van der Waals surface area contributed by atoms with E-state index in [1.165, 1.54) is 5.56 Å². The Morgan fingerprint density at radius 1 is 1.15 bits per heavy atom. The van der Waals surface area contributed by atoms with Crippen LogP contribution in [0.15, 0.2) is 46.9 Å². The standard InChI is InChI=1S/C17H19BrO2/c1-3-12(2)15-6-4-5-7-16(15)20-17-10-14(18)9-8-13(17)11-19/h4-10,12,19H,3,11H2,1-2H3. The van der Waals surface area contributed by atoms with Gasteiger partial charge in [0.15, 0.2) is 0 Å². The summed E-state index contributed by atoms with van der Waals surface area (Å²) in [5.41, 5.74) is 1.98. The van der Waals surface area contributed by atoms with E-state index in [1.807, 2.05) is 36.4 Å². The van der Waals surface area contributed by atoms with Crippen molar-refractivity contribution in [1.29, 1.82) is 0 Å². The quantitative estimate of drug-likeness (QED) is 0.809. The molecule has 0 amide bonds. The second kappa shape index (κ2) is 6.91. The van der Waals surface area contributed by atoms with Gasteiger partial charge in [0, 0.05) is 10.0 Å². The number of hydrogen-bond donors (Lipinski definition) is 1. The van der Waals surface area contributed by atoms with Gasteiger partial charge in [0.1, 0.15) is 11.5 Å². The zero-order chi connectivity index (χ0) is 14.5. The Bertz CT molecular complexity index is 581. The maximum Gasteiger partial charge on any atom is 0.134 e. The first-order chi connectivity index (χ1) is 9.65. The first kappa shape index (κ1) is 15.1. The zero-order valence-electron chi connectivity index (χ0n) is 11.8. The van der Waals surface area contributed by atoms with E-state index in [2.05, 4.69) is 35.8 Å². The highest BCUT2D eigenvalue weighted by Crippen LogP contribution is 2.34. The molecule has 0 radical (unpaired) electrons. The van der Waals surface area contributed by atoms with Crippen molar-refractivity contribution in [2.75, 3.05) is 0 Å². The number of hydrogen-bond acceptors (Lipinski definition) is 2. The normalized spacial score (nSPS) is 12.2. The third-order valence-electron chi connectivity index (χ3n) is 3.48. The van der Waals surface area contributed by atoms with Gasteiger partial charge in [0.25, 0.3) is 0 Å². The minimum absolute atomic E-state index is 0.0336. The van der Waals surface area contributed by atoms with Gasteiger partial charge in [-0.2, -0.15) is 0 Å². The monoisotopic (exact) mass is 334 g/mol. The van der Waals surface area contributed by atoms with Crippen molar-refractivity contribution < 1.29 is 9.84 Å². The van der Waals surface area contributed by atoms with Crippen molar-refractivity contribution in [2.45, 2.75) is 32.8 Å². The van der Waals surface area contributed by atoms with Crippen LogP contribution in [0.2, 0.25) is 0 Å². The fraction of sp³-hybridized carbons (Fsp3) is 0.294. The van der Waals surface area contributed by atoms with Gasteiger partial charge in [-0.1, -0.05) is 54.0 Å². The third kappa shape index (κ3) is 3.41. The predicted octanol–water partition coefficient (Wildman–Crippen LogP) is 5.25. The van der Waals surface area contributed by atoms with Gasteiger partial charge < -0.3 is 9.84 Å². The highest BCUT2D eigenvalue weighted by molar-refractivity contribution is 9.10. The molecule has 20 heavy (non-hydrogen) atoms. The first-order valence-corrected chi connectivity index (χ1v) is 7.61. The average Bonchev–Trinajstić information content (AvgIpc) is 2.47. The highest BCUT2D eigenvalue weighted by Gasteiger charge is 2.12. The summed E-state index contributed by atoms with van der Waals surface area (Å²) >= 11 is 3.44.